The van der Waals surface area contributed by atoms with Crippen LogP contribution in [-0.4, -0.2) is 22.3 Å². The van der Waals surface area contributed by atoms with Gasteiger partial charge in [-0.25, -0.2) is 10.3 Å². The van der Waals surface area contributed by atoms with Crippen molar-refractivity contribution in [2.24, 2.45) is 0 Å². The Morgan fingerprint density at radius 2 is 1.75 bits per heavy atom. The van der Waals surface area contributed by atoms with Gasteiger partial charge in [0.05, 0.1) is 0 Å². The second-order valence-electron chi connectivity index (χ2n) is 7.05. The first kappa shape index (κ1) is 23.3. The van der Waals surface area contributed by atoms with Gasteiger partial charge in [0.25, 0.3) is 5.91 Å². The Hall–Kier alpha value is -3.36. The number of phenols is 1. The van der Waals surface area contributed by atoms with Gasteiger partial charge in [0.2, 0.25) is 0 Å². The van der Waals surface area contributed by atoms with E-state index in [1.54, 1.807) is 30.3 Å². The maximum Gasteiger partial charge on any atom is 0.412 e. The van der Waals surface area contributed by atoms with Gasteiger partial charge in [0.15, 0.2) is 0 Å². The Labute approximate surface area is 193 Å². The SMILES string of the molecule is O=C(/C=C/CCC[C@@H](OC(=O)Nc1ccc(Br)cc1)c1ccc(O)c2ccccc12)NO. The summed E-state index contributed by atoms with van der Waals surface area (Å²) in [5.74, 6) is -0.448. The van der Waals surface area contributed by atoms with Crippen LogP contribution in [0.4, 0.5) is 10.5 Å². The fraction of sp³-hybridized carbons (Fsp3) is 0.167. The van der Waals surface area contributed by atoms with Crippen LogP contribution in [-0.2, 0) is 9.53 Å². The second-order valence-corrected chi connectivity index (χ2v) is 7.97. The van der Waals surface area contributed by atoms with Gasteiger partial charge in [-0.15, -0.1) is 0 Å². The minimum Gasteiger partial charge on any atom is -0.507 e. The molecule has 0 aliphatic heterocycles. The number of carbonyl (C=O) groups excluding carboxylic acids is 2. The number of rotatable bonds is 8. The van der Waals surface area contributed by atoms with Gasteiger partial charge < -0.3 is 9.84 Å². The lowest BCUT2D eigenvalue weighted by molar-refractivity contribution is -0.124. The average Bonchev–Trinajstić information content (AvgIpc) is 2.80. The lowest BCUT2D eigenvalue weighted by atomic mass is 9.96. The summed E-state index contributed by atoms with van der Waals surface area (Å²) in [6.45, 7) is 0. The lowest BCUT2D eigenvalue weighted by Gasteiger charge is -2.20. The maximum absolute atomic E-state index is 12.6. The molecule has 1 atom stereocenters. The van der Waals surface area contributed by atoms with Crippen molar-refractivity contribution in [2.45, 2.75) is 25.4 Å². The van der Waals surface area contributed by atoms with Crippen molar-refractivity contribution in [1.29, 1.82) is 0 Å². The molecule has 0 fully saturated rings. The number of allylic oxidation sites excluding steroid dienone is 1. The Bertz CT molecular complexity index is 1120. The van der Waals surface area contributed by atoms with Crippen molar-refractivity contribution in [2.75, 3.05) is 5.32 Å². The molecule has 0 aliphatic rings. The van der Waals surface area contributed by atoms with E-state index >= 15 is 0 Å². The molecule has 4 N–H and O–H groups in total. The predicted molar refractivity (Wildman–Crippen MR) is 126 cm³/mol. The van der Waals surface area contributed by atoms with Crippen LogP contribution in [0.25, 0.3) is 10.8 Å². The molecule has 8 heteroatoms. The number of amides is 2. The van der Waals surface area contributed by atoms with Crippen LogP contribution in [0, 0.1) is 0 Å². The fourth-order valence-electron chi connectivity index (χ4n) is 3.32. The normalized spacial score (nSPS) is 11.9. The molecule has 0 saturated heterocycles. The highest BCUT2D eigenvalue weighted by atomic mass is 79.9. The third-order valence-electron chi connectivity index (χ3n) is 4.84. The van der Waals surface area contributed by atoms with Gasteiger partial charge in [-0.3, -0.25) is 15.3 Å². The van der Waals surface area contributed by atoms with Gasteiger partial charge in [-0.1, -0.05) is 52.3 Å². The molecule has 166 valence electrons. The van der Waals surface area contributed by atoms with Crippen molar-refractivity contribution in [3.8, 4) is 5.75 Å². The van der Waals surface area contributed by atoms with Crippen molar-refractivity contribution in [3.05, 3.63) is 82.9 Å². The third-order valence-corrected chi connectivity index (χ3v) is 5.37. The van der Waals surface area contributed by atoms with E-state index in [-0.39, 0.29) is 5.75 Å². The molecule has 2 amide bonds. The van der Waals surface area contributed by atoms with E-state index in [1.807, 2.05) is 36.4 Å². The number of anilines is 1. The standard InChI is InChI=1S/C24H23BrN2O5/c25-16-10-12-17(13-11-16)26-24(30)32-22(8-2-1-3-9-23(29)27-31)20-14-15-21(28)19-7-5-4-6-18(19)20/h3-7,9-15,22,28,31H,1-2,8H2,(H,26,30)(H,27,29)/b9-3+/t22-/m1/s1. The summed E-state index contributed by atoms with van der Waals surface area (Å²) >= 11 is 3.36. The Kier molecular flexibility index (Phi) is 8.24. The molecule has 0 unspecified atom stereocenters. The minimum atomic E-state index is -0.601. The molecule has 7 nitrogen and oxygen atoms in total. The van der Waals surface area contributed by atoms with E-state index in [2.05, 4.69) is 21.2 Å². The third kappa shape index (κ3) is 6.32. The molecule has 0 aliphatic carbocycles. The van der Waals surface area contributed by atoms with Crippen LogP contribution in [0.5, 0.6) is 5.75 Å². The zero-order valence-electron chi connectivity index (χ0n) is 17.1. The number of carbonyl (C=O) groups is 2. The summed E-state index contributed by atoms with van der Waals surface area (Å²) in [5, 5.41) is 22.9. The molecule has 0 radical (unpaired) electrons. The van der Waals surface area contributed by atoms with Gasteiger partial charge in [-0.05, 0) is 55.0 Å². The summed E-state index contributed by atoms with van der Waals surface area (Å²) in [6, 6.07) is 17.9. The zero-order valence-corrected chi connectivity index (χ0v) is 18.7. The summed E-state index contributed by atoms with van der Waals surface area (Å²) in [6.07, 6.45) is 3.39. The quantitative estimate of drug-likeness (QED) is 0.135. The van der Waals surface area contributed by atoms with Crippen LogP contribution in [0.1, 0.15) is 30.9 Å². The average molecular weight is 499 g/mol. The number of aromatic hydroxyl groups is 1. The van der Waals surface area contributed by atoms with Gasteiger partial charge in [-0.2, -0.15) is 0 Å². The van der Waals surface area contributed by atoms with Crippen molar-refractivity contribution < 1.29 is 24.6 Å². The topological polar surface area (TPSA) is 108 Å². The predicted octanol–water partition coefficient (Wildman–Crippen LogP) is 5.83. The molecule has 0 saturated carbocycles. The van der Waals surface area contributed by atoms with E-state index in [0.29, 0.717) is 30.3 Å². The molecule has 3 rings (SSSR count). The van der Waals surface area contributed by atoms with Crippen LogP contribution in [0.3, 0.4) is 0 Å². The molecule has 0 heterocycles. The molecule has 0 spiro atoms. The van der Waals surface area contributed by atoms with Crippen molar-refractivity contribution in [1.82, 2.24) is 5.48 Å². The van der Waals surface area contributed by atoms with Gasteiger partial charge >= 0.3 is 6.09 Å². The number of phenolic OH excluding ortho intramolecular Hbond substituents is 1. The molecular formula is C24H23BrN2O5. The first-order valence-corrected chi connectivity index (χ1v) is 10.8. The number of fused-ring (bicyclic) bond motifs is 1. The monoisotopic (exact) mass is 498 g/mol. The Morgan fingerprint density at radius 3 is 2.47 bits per heavy atom. The number of unbranched alkanes of at least 4 members (excludes halogenated alkanes) is 1. The van der Waals surface area contributed by atoms with E-state index in [9.17, 15) is 14.7 Å². The largest absolute Gasteiger partial charge is 0.507 e. The number of nitrogens with one attached hydrogen (secondary N) is 2. The van der Waals surface area contributed by atoms with E-state index < -0.39 is 18.1 Å². The van der Waals surface area contributed by atoms with E-state index in [4.69, 9.17) is 9.94 Å². The van der Waals surface area contributed by atoms with Crippen molar-refractivity contribution >= 4 is 44.4 Å². The zero-order chi connectivity index (χ0) is 22.9. The van der Waals surface area contributed by atoms with Gasteiger partial charge in [0.1, 0.15) is 11.9 Å². The van der Waals surface area contributed by atoms with Crippen LogP contribution in [0.15, 0.2) is 77.3 Å². The van der Waals surface area contributed by atoms with Crippen LogP contribution < -0.4 is 10.8 Å². The molecule has 3 aromatic rings. The fourth-order valence-corrected chi connectivity index (χ4v) is 3.59. The number of halogens is 1. The number of hydrogen-bond donors (Lipinski definition) is 4. The lowest BCUT2D eigenvalue weighted by Crippen LogP contribution is -2.18. The van der Waals surface area contributed by atoms with E-state index in [1.165, 1.54) is 11.6 Å². The Balaban J connectivity index is 1.79. The smallest absolute Gasteiger partial charge is 0.412 e. The van der Waals surface area contributed by atoms with Crippen LogP contribution >= 0.6 is 15.9 Å². The highest BCUT2D eigenvalue weighted by Crippen LogP contribution is 2.34. The number of hydroxylamine groups is 1. The van der Waals surface area contributed by atoms with Gasteiger partial charge in [0, 0.05) is 27.2 Å². The number of ether oxygens (including phenoxy) is 1. The van der Waals surface area contributed by atoms with Crippen LogP contribution in [0.2, 0.25) is 0 Å². The number of hydrogen-bond acceptors (Lipinski definition) is 5. The first-order valence-electron chi connectivity index (χ1n) is 10.0. The Morgan fingerprint density at radius 1 is 1.03 bits per heavy atom. The summed E-state index contributed by atoms with van der Waals surface area (Å²) < 4.78 is 6.68. The highest BCUT2D eigenvalue weighted by molar-refractivity contribution is 9.10. The molecule has 0 aromatic heterocycles. The molecule has 3 aromatic carbocycles. The summed E-state index contributed by atoms with van der Waals surface area (Å²) in [5.41, 5.74) is 2.92. The highest BCUT2D eigenvalue weighted by Gasteiger charge is 2.20. The molecule has 32 heavy (non-hydrogen) atoms. The summed E-state index contributed by atoms with van der Waals surface area (Å²) in [7, 11) is 0. The molecule has 0 bridgehead atoms. The maximum atomic E-state index is 12.6. The molecular weight excluding hydrogens is 476 g/mol. The minimum absolute atomic E-state index is 0.153. The number of benzene rings is 3. The second kappa shape index (κ2) is 11.3. The summed E-state index contributed by atoms with van der Waals surface area (Å²) in [4.78, 5) is 23.7. The van der Waals surface area contributed by atoms with E-state index in [0.717, 1.165) is 15.4 Å². The first-order chi connectivity index (χ1) is 15.5. The van der Waals surface area contributed by atoms with Crippen molar-refractivity contribution in [3.63, 3.8) is 0 Å².